The van der Waals surface area contributed by atoms with E-state index >= 15 is 0 Å². The van der Waals surface area contributed by atoms with Gasteiger partial charge in [0.2, 0.25) is 0 Å². The molecule has 4 rings (SSSR count). The topological polar surface area (TPSA) is 123 Å². The minimum absolute atomic E-state index is 0. The fourth-order valence-corrected chi connectivity index (χ4v) is 8.70. The molecule has 0 spiro atoms. The van der Waals surface area contributed by atoms with Crippen LogP contribution >= 0.6 is 31.9 Å². The van der Waals surface area contributed by atoms with E-state index in [2.05, 4.69) is 49.4 Å². The van der Waals surface area contributed by atoms with Crippen LogP contribution in [0, 0.1) is 0 Å². The van der Waals surface area contributed by atoms with E-state index in [0.29, 0.717) is 43.1 Å². The number of phenols is 1. The minimum Gasteiger partial charge on any atom is -0.507 e. The smallest absolute Gasteiger partial charge is 0.407 e. The maximum absolute atomic E-state index is 13.5. The number of halogens is 2. The summed E-state index contributed by atoms with van der Waals surface area (Å²) in [4.78, 5) is 38.9. The van der Waals surface area contributed by atoms with Gasteiger partial charge < -0.3 is 30.0 Å². The second-order valence-corrected chi connectivity index (χ2v) is 17.3. The lowest BCUT2D eigenvalue weighted by molar-refractivity contribution is -0.0465. The lowest BCUT2D eigenvalue weighted by Crippen LogP contribution is -2.30. The Morgan fingerprint density at radius 2 is 1.20 bits per heavy atom. The molecule has 1 aliphatic carbocycles. The van der Waals surface area contributed by atoms with Crippen molar-refractivity contribution < 1.29 is 33.7 Å². The van der Waals surface area contributed by atoms with Crippen LogP contribution in [-0.2, 0) is 20.6 Å². The maximum atomic E-state index is 13.5. The van der Waals surface area contributed by atoms with Crippen molar-refractivity contribution in [3.63, 3.8) is 0 Å². The molecule has 0 aliphatic heterocycles. The summed E-state index contributed by atoms with van der Waals surface area (Å²) < 4.78 is 18.7. The van der Waals surface area contributed by atoms with Gasteiger partial charge in [-0.25, -0.2) is 4.79 Å². The molecule has 326 valence electrons. The first-order chi connectivity index (χ1) is 28.1. The predicted molar refractivity (Wildman–Crippen MR) is 247 cm³/mol. The van der Waals surface area contributed by atoms with Gasteiger partial charge in [0.1, 0.15) is 12.4 Å². The van der Waals surface area contributed by atoms with Gasteiger partial charge in [-0.15, -0.1) is 0 Å². The Labute approximate surface area is 370 Å². The Kier molecular flexibility index (Phi) is 23.4. The Morgan fingerprint density at radius 3 is 1.76 bits per heavy atom. The molecule has 3 aromatic rings. The molecule has 3 N–H and O–H groups in total. The van der Waals surface area contributed by atoms with Crippen LogP contribution in [-0.4, -0.2) is 61.3 Å². The van der Waals surface area contributed by atoms with Crippen molar-refractivity contribution in [2.24, 2.45) is 0 Å². The van der Waals surface area contributed by atoms with Crippen LogP contribution in [0.3, 0.4) is 0 Å². The number of ether oxygens (including phenoxy) is 3. The molecule has 3 aromatic carbocycles. The zero-order chi connectivity index (χ0) is 41.7. The summed E-state index contributed by atoms with van der Waals surface area (Å²) in [6, 6.07) is 13.6. The molecule has 0 heterocycles. The van der Waals surface area contributed by atoms with Gasteiger partial charge in [-0.1, -0.05) is 135 Å². The van der Waals surface area contributed by atoms with Gasteiger partial charge in [-0.2, -0.15) is 0 Å². The number of ketones is 2. The third kappa shape index (κ3) is 16.6. The molecule has 0 fully saturated rings. The fraction of sp³-hybridized carbons (Fsp3) is 0.562. The summed E-state index contributed by atoms with van der Waals surface area (Å²) in [6.45, 7) is 7.72. The third-order valence-corrected chi connectivity index (χ3v) is 11.8. The number of unbranched alkanes of at least 4 members (excludes halogenated alkanes) is 15. The number of anilines is 2. The van der Waals surface area contributed by atoms with Crippen molar-refractivity contribution in [3.8, 4) is 5.75 Å². The molecule has 1 aliphatic rings. The first kappa shape index (κ1) is 50.1. The highest BCUT2D eigenvalue weighted by molar-refractivity contribution is 9.11. The number of hydrogen-bond acceptors (Lipinski definition) is 8. The molecule has 0 aromatic heterocycles. The number of aromatic hydroxyl groups is 1. The monoisotopic (exact) mass is 942 g/mol. The summed E-state index contributed by atoms with van der Waals surface area (Å²) in [6.07, 6.45) is 21.0. The van der Waals surface area contributed by atoms with Gasteiger partial charge in [0.05, 0.1) is 47.9 Å². The lowest BCUT2D eigenvalue weighted by Gasteiger charge is -2.22. The number of fused-ring (bicyclic) bond motifs is 2. The zero-order valence-corrected chi connectivity index (χ0v) is 37.9. The number of amides is 1. The Bertz CT molecular complexity index is 1740. The molecular formula is C48H68Br2N2O7. The molecule has 0 saturated carbocycles. The number of alkyl carbamates (subject to hydrolysis) is 1. The molecular weight excluding hydrogens is 876 g/mol. The van der Waals surface area contributed by atoms with Gasteiger partial charge in [0.25, 0.3) is 0 Å². The van der Waals surface area contributed by atoms with Crippen LogP contribution in [0.1, 0.15) is 168 Å². The molecule has 0 bridgehead atoms. The Hall–Kier alpha value is -3.25. The average Bonchev–Trinajstić information content (AvgIpc) is 3.21. The van der Waals surface area contributed by atoms with Crippen molar-refractivity contribution in [3.05, 3.63) is 85.3 Å². The number of benzene rings is 3. The van der Waals surface area contributed by atoms with E-state index in [4.69, 9.17) is 14.2 Å². The quantitative estimate of drug-likeness (QED) is 0.0380. The molecule has 1 amide bonds. The van der Waals surface area contributed by atoms with E-state index < -0.39 is 6.09 Å². The molecule has 0 saturated heterocycles. The van der Waals surface area contributed by atoms with Crippen molar-refractivity contribution >= 4 is 60.9 Å². The summed E-state index contributed by atoms with van der Waals surface area (Å²) in [5, 5.41) is 16.7. The van der Waals surface area contributed by atoms with Crippen molar-refractivity contribution in [1.29, 1.82) is 0 Å². The van der Waals surface area contributed by atoms with E-state index in [-0.39, 0.29) is 60.2 Å². The highest BCUT2D eigenvalue weighted by Crippen LogP contribution is 2.41. The van der Waals surface area contributed by atoms with Crippen molar-refractivity contribution in [2.45, 2.75) is 150 Å². The highest BCUT2D eigenvalue weighted by atomic mass is 79.9. The standard InChI is InChI=1S/C47H64Br2N2O7.CH4/c1-4-5-6-7-8-9-10-11-12-13-14-15-16-17-18-21-27-50-47(55)58-32-34(3)57-31-33(2)56-28-26-35-29-38(48)44(39(49)30-35)51-40-24-25-41(52)43-42(40)45(53)36-22-19-20-23-37(36)46(43)54;/h19-20,22-25,29-30,33-34,51-52H,4-18,21,26-28,31-32H2,1-3H3,(H,50,55);1H4. The van der Waals surface area contributed by atoms with E-state index in [1.165, 1.54) is 96.0 Å². The van der Waals surface area contributed by atoms with Crippen LogP contribution in [0.2, 0.25) is 0 Å². The van der Waals surface area contributed by atoms with Gasteiger partial charge in [-0.05, 0) is 88.4 Å². The number of nitrogens with one attached hydrogen (secondary N) is 2. The van der Waals surface area contributed by atoms with Crippen LogP contribution in [0.25, 0.3) is 0 Å². The van der Waals surface area contributed by atoms with Crippen LogP contribution < -0.4 is 10.6 Å². The van der Waals surface area contributed by atoms with Gasteiger partial charge in [0.15, 0.2) is 11.6 Å². The maximum Gasteiger partial charge on any atom is 0.407 e. The summed E-state index contributed by atoms with van der Waals surface area (Å²) in [5.74, 6) is -0.950. The Balaban J connectivity index is 0.00000930. The van der Waals surface area contributed by atoms with Crippen molar-refractivity contribution in [1.82, 2.24) is 5.32 Å². The summed E-state index contributed by atoms with van der Waals surface area (Å²) in [5.41, 5.74) is 2.82. The number of phenolic OH excluding ortho intramolecular Hbond substituents is 1. The second-order valence-electron chi connectivity index (χ2n) is 15.5. The number of hydrogen-bond donors (Lipinski definition) is 3. The van der Waals surface area contributed by atoms with Gasteiger partial charge >= 0.3 is 6.09 Å². The van der Waals surface area contributed by atoms with E-state index in [1.54, 1.807) is 30.3 Å². The lowest BCUT2D eigenvalue weighted by atomic mass is 9.82. The van der Waals surface area contributed by atoms with Crippen molar-refractivity contribution in [2.75, 3.05) is 31.7 Å². The first-order valence-corrected chi connectivity index (χ1v) is 23.1. The minimum atomic E-state index is -0.406. The third-order valence-electron chi connectivity index (χ3n) is 10.6. The zero-order valence-electron chi connectivity index (χ0n) is 34.8. The summed E-state index contributed by atoms with van der Waals surface area (Å²) >= 11 is 7.31. The fourth-order valence-electron chi connectivity index (χ4n) is 7.22. The molecule has 0 radical (unpaired) electrons. The number of rotatable bonds is 28. The second kappa shape index (κ2) is 27.6. The molecule has 59 heavy (non-hydrogen) atoms. The van der Waals surface area contributed by atoms with E-state index in [1.807, 2.05) is 26.0 Å². The Morgan fingerprint density at radius 1 is 0.695 bits per heavy atom. The number of carbonyl (C=O) groups is 3. The van der Waals surface area contributed by atoms with E-state index in [0.717, 1.165) is 27.4 Å². The average molecular weight is 945 g/mol. The van der Waals surface area contributed by atoms with Gasteiger partial charge in [-0.3, -0.25) is 9.59 Å². The summed E-state index contributed by atoms with van der Waals surface area (Å²) in [7, 11) is 0. The molecule has 2 atom stereocenters. The highest BCUT2D eigenvalue weighted by Gasteiger charge is 2.34. The molecule has 2 unspecified atom stereocenters. The van der Waals surface area contributed by atoms with Crippen LogP contribution in [0.4, 0.5) is 16.2 Å². The van der Waals surface area contributed by atoms with Crippen LogP contribution in [0.15, 0.2) is 57.5 Å². The predicted octanol–water partition coefficient (Wildman–Crippen LogP) is 13.4. The van der Waals surface area contributed by atoms with Crippen LogP contribution in [0.5, 0.6) is 5.75 Å². The normalized spacial score (nSPS) is 13.0. The first-order valence-electron chi connectivity index (χ1n) is 21.5. The van der Waals surface area contributed by atoms with Gasteiger partial charge in [0, 0.05) is 26.6 Å². The largest absolute Gasteiger partial charge is 0.507 e. The SMILES string of the molecule is C.CCCCCCCCCCCCCCCCCCNC(=O)OCC(C)OCC(C)OCCc1cc(Br)c(Nc2ccc(O)c3c2C(=O)c2ccccc2C3=O)c(Br)c1. The molecule has 9 nitrogen and oxygen atoms in total. The van der Waals surface area contributed by atoms with E-state index in [9.17, 15) is 19.5 Å². The molecule has 11 heteroatoms. The number of carbonyl (C=O) groups excluding carboxylic acids is 3.